The van der Waals surface area contributed by atoms with Crippen LogP contribution >= 0.6 is 0 Å². The summed E-state index contributed by atoms with van der Waals surface area (Å²) < 4.78 is 0. The molecule has 0 aromatic heterocycles. The number of nitrogens with zero attached hydrogens (tertiary/aromatic N) is 2. The molecule has 2 heteroatoms. The van der Waals surface area contributed by atoms with Gasteiger partial charge in [0.25, 0.3) is 0 Å². The Morgan fingerprint density at radius 2 is 1.73 bits per heavy atom. The highest BCUT2D eigenvalue weighted by Crippen LogP contribution is 2.38. The molecule has 0 spiro atoms. The van der Waals surface area contributed by atoms with E-state index in [2.05, 4.69) is 22.0 Å². The van der Waals surface area contributed by atoms with Gasteiger partial charge >= 0.3 is 0 Å². The lowest BCUT2D eigenvalue weighted by atomic mass is 9.78. The van der Waals surface area contributed by atoms with Gasteiger partial charge in [0, 0.05) is 31.7 Å². The van der Waals surface area contributed by atoms with E-state index < -0.39 is 0 Å². The molecule has 4 rings (SSSR count). The Hall–Kier alpha value is -0.340. The molecule has 0 aromatic carbocycles. The molecule has 1 saturated carbocycles. The van der Waals surface area contributed by atoms with E-state index in [-0.39, 0.29) is 0 Å². The molecule has 4 aliphatic rings. The zero-order chi connectivity index (χ0) is 14.8. The Morgan fingerprint density at radius 1 is 0.818 bits per heavy atom. The molecule has 0 N–H and O–H groups in total. The van der Waals surface area contributed by atoms with Crippen LogP contribution in [0.3, 0.4) is 0 Å². The zero-order valence-corrected chi connectivity index (χ0v) is 14.3. The summed E-state index contributed by atoms with van der Waals surface area (Å²) in [5.41, 5.74) is 0. The first-order chi connectivity index (χ1) is 10.9. The Balaban J connectivity index is 1.48. The van der Waals surface area contributed by atoms with E-state index in [0.29, 0.717) is 0 Å². The molecule has 0 bridgehead atoms. The van der Waals surface area contributed by atoms with Crippen LogP contribution < -0.4 is 0 Å². The molecule has 2 aliphatic heterocycles. The van der Waals surface area contributed by atoms with Gasteiger partial charge in [0.05, 0.1) is 0 Å². The smallest absolute Gasteiger partial charge is 0.0280 e. The number of hydrogen-bond donors (Lipinski definition) is 0. The van der Waals surface area contributed by atoms with Crippen molar-refractivity contribution < 1.29 is 0 Å². The molecule has 2 aliphatic carbocycles. The minimum absolute atomic E-state index is 0.891. The van der Waals surface area contributed by atoms with Gasteiger partial charge in [0.2, 0.25) is 0 Å². The van der Waals surface area contributed by atoms with Crippen LogP contribution in [0.25, 0.3) is 0 Å². The number of rotatable bonds is 3. The molecule has 3 atom stereocenters. The summed E-state index contributed by atoms with van der Waals surface area (Å²) in [7, 11) is 0. The van der Waals surface area contributed by atoms with Crippen LogP contribution in [0.15, 0.2) is 12.2 Å². The maximum absolute atomic E-state index is 2.96. The fourth-order valence-corrected chi connectivity index (χ4v) is 5.82. The van der Waals surface area contributed by atoms with Crippen molar-refractivity contribution >= 4 is 0 Å². The van der Waals surface area contributed by atoms with Crippen molar-refractivity contribution in [2.45, 2.75) is 76.3 Å². The van der Waals surface area contributed by atoms with Gasteiger partial charge in [-0.15, -0.1) is 0 Å². The second-order valence-electron chi connectivity index (χ2n) is 8.28. The average Bonchev–Trinajstić information content (AvgIpc) is 3.05. The summed E-state index contributed by atoms with van der Waals surface area (Å²) in [6.07, 6.45) is 19.3. The third kappa shape index (κ3) is 3.14. The first-order valence-corrected chi connectivity index (χ1v) is 10.0. The SMILES string of the molecule is C1=CC[C@H](CN2CCN3CCC[C@@H]3[C@H]2C2CCCCC2)CC1. The predicted molar refractivity (Wildman–Crippen MR) is 93.0 cm³/mol. The van der Waals surface area contributed by atoms with Gasteiger partial charge in [0.15, 0.2) is 0 Å². The molecule has 0 radical (unpaired) electrons. The molecule has 0 amide bonds. The topological polar surface area (TPSA) is 6.48 Å². The third-order valence-corrected chi connectivity index (χ3v) is 6.91. The largest absolute Gasteiger partial charge is 0.298 e. The van der Waals surface area contributed by atoms with Crippen molar-refractivity contribution in [3.8, 4) is 0 Å². The molecule has 0 unspecified atom stereocenters. The first kappa shape index (κ1) is 15.2. The molecule has 2 saturated heterocycles. The predicted octanol–water partition coefficient (Wildman–Crippen LogP) is 4.07. The van der Waals surface area contributed by atoms with Crippen molar-refractivity contribution in [1.82, 2.24) is 9.80 Å². The maximum atomic E-state index is 2.96. The lowest BCUT2D eigenvalue weighted by molar-refractivity contribution is -0.00784. The molecule has 0 aromatic rings. The maximum Gasteiger partial charge on any atom is 0.0280 e. The zero-order valence-electron chi connectivity index (χ0n) is 14.3. The van der Waals surface area contributed by atoms with Gasteiger partial charge in [-0.2, -0.15) is 0 Å². The van der Waals surface area contributed by atoms with Crippen molar-refractivity contribution in [3.05, 3.63) is 12.2 Å². The van der Waals surface area contributed by atoms with Crippen LogP contribution in [-0.4, -0.2) is 48.1 Å². The normalized spacial score (nSPS) is 38.3. The molecule has 22 heavy (non-hydrogen) atoms. The fourth-order valence-electron chi connectivity index (χ4n) is 5.82. The molecule has 3 fully saturated rings. The second kappa shape index (κ2) is 7.05. The molecular weight excluding hydrogens is 268 g/mol. The summed E-state index contributed by atoms with van der Waals surface area (Å²) in [6.45, 7) is 5.46. The first-order valence-electron chi connectivity index (χ1n) is 10.0. The van der Waals surface area contributed by atoms with Crippen LogP contribution in [0.1, 0.15) is 64.2 Å². The fraction of sp³-hybridized carbons (Fsp3) is 0.900. The van der Waals surface area contributed by atoms with E-state index in [0.717, 1.165) is 23.9 Å². The molecular formula is C20H34N2. The summed E-state index contributed by atoms with van der Waals surface area (Å²) >= 11 is 0. The van der Waals surface area contributed by atoms with Crippen LogP contribution in [0, 0.1) is 11.8 Å². The van der Waals surface area contributed by atoms with Gasteiger partial charge in [-0.25, -0.2) is 0 Å². The molecule has 2 nitrogen and oxygen atoms in total. The van der Waals surface area contributed by atoms with E-state index in [4.69, 9.17) is 0 Å². The number of fused-ring (bicyclic) bond motifs is 1. The van der Waals surface area contributed by atoms with E-state index in [1.165, 1.54) is 90.4 Å². The minimum atomic E-state index is 0.891. The summed E-state index contributed by atoms with van der Waals surface area (Å²) in [5, 5.41) is 0. The number of allylic oxidation sites excluding steroid dienone is 2. The minimum Gasteiger partial charge on any atom is -0.298 e. The lowest BCUT2D eigenvalue weighted by Crippen LogP contribution is -2.60. The Morgan fingerprint density at radius 3 is 2.55 bits per heavy atom. The van der Waals surface area contributed by atoms with E-state index in [1.807, 2.05) is 0 Å². The Kier molecular flexibility index (Phi) is 4.87. The molecule has 2 heterocycles. The van der Waals surface area contributed by atoms with Gasteiger partial charge in [-0.05, 0) is 63.3 Å². The van der Waals surface area contributed by atoms with Gasteiger partial charge in [-0.1, -0.05) is 31.4 Å². The van der Waals surface area contributed by atoms with Crippen molar-refractivity contribution in [2.24, 2.45) is 11.8 Å². The highest BCUT2D eigenvalue weighted by atomic mass is 15.3. The van der Waals surface area contributed by atoms with Crippen LogP contribution in [0.4, 0.5) is 0 Å². The van der Waals surface area contributed by atoms with Gasteiger partial charge < -0.3 is 0 Å². The molecule has 124 valence electrons. The van der Waals surface area contributed by atoms with E-state index >= 15 is 0 Å². The van der Waals surface area contributed by atoms with Crippen LogP contribution in [0.2, 0.25) is 0 Å². The van der Waals surface area contributed by atoms with Crippen molar-refractivity contribution in [2.75, 3.05) is 26.2 Å². The van der Waals surface area contributed by atoms with E-state index in [1.54, 1.807) is 0 Å². The van der Waals surface area contributed by atoms with Crippen LogP contribution in [-0.2, 0) is 0 Å². The second-order valence-corrected chi connectivity index (χ2v) is 8.28. The van der Waals surface area contributed by atoms with Crippen LogP contribution in [0.5, 0.6) is 0 Å². The average molecular weight is 303 g/mol. The van der Waals surface area contributed by atoms with Crippen molar-refractivity contribution in [3.63, 3.8) is 0 Å². The third-order valence-electron chi connectivity index (χ3n) is 6.91. The quantitative estimate of drug-likeness (QED) is 0.725. The summed E-state index contributed by atoms with van der Waals surface area (Å²) in [5.74, 6) is 1.93. The highest BCUT2D eigenvalue weighted by molar-refractivity contribution is 5.00. The van der Waals surface area contributed by atoms with E-state index in [9.17, 15) is 0 Å². The standard InChI is InChI=1S/C20H34N2/c1-3-8-17(9-4-1)16-22-15-14-21-13-7-12-19(21)20(22)18-10-5-2-6-11-18/h1,3,17-20H,2,4-16H2/t17-,19+,20+/m0/s1. The summed E-state index contributed by atoms with van der Waals surface area (Å²) in [4.78, 5) is 5.81. The number of hydrogen-bond acceptors (Lipinski definition) is 2. The Bertz CT molecular complexity index is 385. The summed E-state index contributed by atoms with van der Waals surface area (Å²) in [6, 6.07) is 1.79. The van der Waals surface area contributed by atoms with Gasteiger partial charge in [-0.3, -0.25) is 9.80 Å². The number of piperazine rings is 1. The van der Waals surface area contributed by atoms with Gasteiger partial charge in [0.1, 0.15) is 0 Å². The highest BCUT2D eigenvalue weighted by Gasteiger charge is 2.43. The van der Waals surface area contributed by atoms with Crippen molar-refractivity contribution in [1.29, 1.82) is 0 Å². The Labute approximate surface area is 136 Å². The lowest BCUT2D eigenvalue weighted by Gasteiger charge is -2.50. The monoisotopic (exact) mass is 302 g/mol.